The molecule has 0 heterocycles. The lowest BCUT2D eigenvalue weighted by molar-refractivity contribution is 0.146. The van der Waals surface area contributed by atoms with Crippen molar-refractivity contribution in [3.05, 3.63) is 23.8 Å². The third-order valence-corrected chi connectivity index (χ3v) is 2.06. The van der Waals surface area contributed by atoms with E-state index in [1.165, 1.54) is 0 Å². The topological polar surface area (TPSA) is 30.8 Å². The van der Waals surface area contributed by atoms with E-state index in [0.717, 1.165) is 17.0 Å². The molecule has 0 N–H and O–H groups in total. The third kappa shape index (κ3) is 3.44. The van der Waals surface area contributed by atoms with E-state index in [4.69, 9.17) is 9.47 Å². The summed E-state index contributed by atoms with van der Waals surface area (Å²) >= 11 is 4.57. The Morgan fingerprint density at radius 3 is 2.87 bits per heavy atom. The lowest BCUT2D eigenvalue weighted by Gasteiger charge is -2.09. The van der Waals surface area contributed by atoms with E-state index in [2.05, 4.69) is 22.4 Å². The molecule has 80 valence electrons. The van der Waals surface area contributed by atoms with Crippen LogP contribution in [0.4, 0.5) is 5.69 Å². The maximum Gasteiger partial charge on any atom is 0.124 e. The van der Waals surface area contributed by atoms with Crippen molar-refractivity contribution in [3.8, 4) is 5.75 Å². The van der Waals surface area contributed by atoms with Gasteiger partial charge in [0.15, 0.2) is 0 Å². The summed E-state index contributed by atoms with van der Waals surface area (Å²) in [6.07, 6.45) is 0. The summed E-state index contributed by atoms with van der Waals surface area (Å²) in [6.45, 7) is 3.04. The minimum absolute atomic E-state index is 0.530. The van der Waals surface area contributed by atoms with Crippen molar-refractivity contribution in [2.45, 2.75) is 6.92 Å². The van der Waals surface area contributed by atoms with E-state index >= 15 is 0 Å². The number of ether oxygens (including phenoxy) is 2. The number of methoxy groups -OCH3 is 1. The van der Waals surface area contributed by atoms with E-state index < -0.39 is 0 Å². The van der Waals surface area contributed by atoms with E-state index in [-0.39, 0.29) is 0 Å². The molecule has 15 heavy (non-hydrogen) atoms. The average Bonchev–Trinajstić information content (AvgIpc) is 2.24. The van der Waals surface area contributed by atoms with Crippen LogP contribution in [0.5, 0.6) is 5.75 Å². The molecule has 0 aliphatic rings. The molecular weight excluding hydrogens is 210 g/mol. The molecule has 0 fully saturated rings. The fraction of sp³-hybridized carbons (Fsp3) is 0.364. The molecule has 3 nitrogen and oxygen atoms in total. The first-order chi connectivity index (χ1) is 7.29. The number of isothiocyanates is 1. The van der Waals surface area contributed by atoms with Crippen LogP contribution in [-0.2, 0) is 4.74 Å². The van der Waals surface area contributed by atoms with Crippen LogP contribution >= 0.6 is 12.2 Å². The number of hydrogen-bond acceptors (Lipinski definition) is 4. The molecule has 0 amide bonds. The summed E-state index contributed by atoms with van der Waals surface area (Å²) < 4.78 is 10.4. The predicted molar refractivity (Wildman–Crippen MR) is 63.2 cm³/mol. The minimum Gasteiger partial charge on any atom is -0.491 e. The van der Waals surface area contributed by atoms with Gasteiger partial charge in [0.05, 0.1) is 17.5 Å². The summed E-state index contributed by atoms with van der Waals surface area (Å²) in [5, 5.41) is 2.35. The van der Waals surface area contributed by atoms with Gasteiger partial charge in [0.2, 0.25) is 0 Å². The smallest absolute Gasteiger partial charge is 0.124 e. The highest BCUT2D eigenvalue weighted by Gasteiger charge is 2.03. The normalized spacial score (nSPS) is 9.47. The first-order valence-corrected chi connectivity index (χ1v) is 4.99. The maximum absolute atomic E-state index is 5.52. The SMILES string of the molecule is COCCOc1cccc(N=C=S)c1C. The van der Waals surface area contributed by atoms with Crippen LogP contribution in [0.3, 0.4) is 0 Å². The quantitative estimate of drug-likeness (QED) is 0.437. The average molecular weight is 223 g/mol. The van der Waals surface area contributed by atoms with Crippen molar-refractivity contribution in [2.24, 2.45) is 4.99 Å². The van der Waals surface area contributed by atoms with Gasteiger partial charge in [-0.2, -0.15) is 4.99 Å². The van der Waals surface area contributed by atoms with Gasteiger partial charge in [-0.15, -0.1) is 0 Å². The molecule has 0 bridgehead atoms. The summed E-state index contributed by atoms with van der Waals surface area (Å²) in [6, 6.07) is 5.64. The van der Waals surface area contributed by atoms with Gasteiger partial charge >= 0.3 is 0 Å². The van der Waals surface area contributed by atoms with Crippen LogP contribution in [0.15, 0.2) is 23.2 Å². The highest BCUT2D eigenvalue weighted by atomic mass is 32.1. The monoisotopic (exact) mass is 223 g/mol. The third-order valence-electron chi connectivity index (χ3n) is 1.97. The number of nitrogens with zero attached hydrogens (tertiary/aromatic N) is 1. The van der Waals surface area contributed by atoms with Gasteiger partial charge in [0, 0.05) is 12.7 Å². The molecule has 1 aromatic rings. The predicted octanol–water partition coefficient (Wildman–Crippen LogP) is 2.75. The lowest BCUT2D eigenvalue weighted by atomic mass is 10.2. The maximum atomic E-state index is 5.52. The van der Waals surface area contributed by atoms with Gasteiger partial charge in [-0.05, 0) is 31.3 Å². The van der Waals surface area contributed by atoms with E-state index in [0.29, 0.717) is 13.2 Å². The summed E-state index contributed by atoms with van der Waals surface area (Å²) in [7, 11) is 1.64. The van der Waals surface area contributed by atoms with Crippen LogP contribution in [0.1, 0.15) is 5.56 Å². The standard InChI is InChI=1S/C11H13NO2S/c1-9-10(12-8-15)4-3-5-11(9)14-7-6-13-2/h3-5H,6-7H2,1-2H3. The Labute approximate surface area is 94.7 Å². The fourth-order valence-electron chi connectivity index (χ4n) is 1.16. The van der Waals surface area contributed by atoms with Crippen molar-refractivity contribution < 1.29 is 9.47 Å². The number of benzene rings is 1. The number of rotatable bonds is 5. The molecule has 0 aromatic heterocycles. The van der Waals surface area contributed by atoms with Crippen LogP contribution in [0.2, 0.25) is 0 Å². The molecule has 0 aliphatic carbocycles. The summed E-state index contributed by atoms with van der Waals surface area (Å²) in [4.78, 5) is 3.95. The molecule has 4 heteroatoms. The molecule has 0 aliphatic heterocycles. The number of hydrogen-bond donors (Lipinski definition) is 0. The van der Waals surface area contributed by atoms with E-state index in [9.17, 15) is 0 Å². The molecule has 0 radical (unpaired) electrons. The Morgan fingerprint density at radius 2 is 2.20 bits per heavy atom. The van der Waals surface area contributed by atoms with Gasteiger partial charge in [0.25, 0.3) is 0 Å². The molecule has 1 aromatic carbocycles. The first-order valence-electron chi connectivity index (χ1n) is 4.59. The largest absolute Gasteiger partial charge is 0.491 e. The number of thiocarbonyl (C=S) groups is 1. The second kappa shape index (κ2) is 6.30. The van der Waals surface area contributed by atoms with Crippen molar-refractivity contribution in [3.63, 3.8) is 0 Å². The molecule has 0 atom stereocenters. The van der Waals surface area contributed by atoms with E-state index in [1.807, 2.05) is 25.1 Å². The Balaban J connectivity index is 2.79. The van der Waals surface area contributed by atoms with Gasteiger partial charge in [0.1, 0.15) is 12.4 Å². The summed E-state index contributed by atoms with van der Waals surface area (Å²) in [5.41, 5.74) is 1.76. The second-order valence-corrected chi connectivity index (χ2v) is 3.13. The van der Waals surface area contributed by atoms with Gasteiger partial charge in [-0.3, -0.25) is 0 Å². The highest BCUT2D eigenvalue weighted by Crippen LogP contribution is 2.27. The molecule has 0 unspecified atom stereocenters. The van der Waals surface area contributed by atoms with Crippen molar-refractivity contribution in [1.29, 1.82) is 0 Å². The number of aliphatic imine (C=N–C) groups is 1. The molecule has 1 rings (SSSR count). The van der Waals surface area contributed by atoms with Crippen LogP contribution in [-0.4, -0.2) is 25.5 Å². The Kier molecular flexibility index (Phi) is 4.98. The Morgan fingerprint density at radius 1 is 1.40 bits per heavy atom. The molecule has 0 spiro atoms. The minimum atomic E-state index is 0.530. The zero-order valence-electron chi connectivity index (χ0n) is 8.82. The molecule has 0 saturated carbocycles. The van der Waals surface area contributed by atoms with Gasteiger partial charge in [-0.1, -0.05) is 6.07 Å². The van der Waals surface area contributed by atoms with Gasteiger partial charge in [-0.25, -0.2) is 0 Å². The lowest BCUT2D eigenvalue weighted by Crippen LogP contribution is -2.05. The van der Waals surface area contributed by atoms with Gasteiger partial charge < -0.3 is 9.47 Å². The van der Waals surface area contributed by atoms with Crippen molar-refractivity contribution in [2.75, 3.05) is 20.3 Å². The molecular formula is C11H13NO2S. The first kappa shape index (κ1) is 11.9. The second-order valence-electron chi connectivity index (χ2n) is 2.94. The molecule has 0 saturated heterocycles. The van der Waals surface area contributed by atoms with Crippen LogP contribution < -0.4 is 4.74 Å². The van der Waals surface area contributed by atoms with Crippen molar-refractivity contribution >= 4 is 23.1 Å². The Hall–Kier alpha value is -1.22. The van der Waals surface area contributed by atoms with Crippen molar-refractivity contribution in [1.82, 2.24) is 0 Å². The van der Waals surface area contributed by atoms with Crippen LogP contribution in [0, 0.1) is 6.92 Å². The summed E-state index contributed by atoms with van der Waals surface area (Å²) in [5.74, 6) is 0.804. The van der Waals surface area contributed by atoms with Crippen LogP contribution in [0.25, 0.3) is 0 Å². The zero-order valence-corrected chi connectivity index (χ0v) is 9.63. The fourth-order valence-corrected chi connectivity index (χ4v) is 1.26. The van der Waals surface area contributed by atoms with E-state index in [1.54, 1.807) is 7.11 Å². The Bertz CT molecular complexity index is 373. The zero-order chi connectivity index (χ0) is 11.1. The highest BCUT2D eigenvalue weighted by molar-refractivity contribution is 7.78.